The van der Waals surface area contributed by atoms with Crippen LogP contribution in [0.2, 0.25) is 5.02 Å². The number of carbonyl (C=O) groups is 1. The highest BCUT2D eigenvalue weighted by Gasteiger charge is 2.23. The lowest BCUT2D eigenvalue weighted by atomic mass is 10.2. The second-order valence-electron chi connectivity index (χ2n) is 7.46. The fraction of sp³-hybridized carbons (Fsp3) is 0.409. The van der Waals surface area contributed by atoms with Gasteiger partial charge in [0.05, 0.1) is 24.1 Å². The van der Waals surface area contributed by atoms with Crippen LogP contribution in [0, 0.1) is 0 Å². The second kappa shape index (κ2) is 10.2. The highest BCUT2D eigenvalue weighted by Crippen LogP contribution is 2.30. The molecule has 3 rings (SSSR count). The van der Waals surface area contributed by atoms with Crippen LogP contribution in [0.3, 0.4) is 0 Å². The van der Waals surface area contributed by atoms with Gasteiger partial charge >= 0.3 is 0 Å². The van der Waals surface area contributed by atoms with Gasteiger partial charge in [0.1, 0.15) is 5.75 Å². The van der Waals surface area contributed by atoms with Crippen LogP contribution in [0.25, 0.3) is 0 Å². The van der Waals surface area contributed by atoms with Crippen molar-refractivity contribution in [2.45, 2.75) is 12.8 Å². The van der Waals surface area contributed by atoms with Gasteiger partial charge in [-0.2, -0.15) is 0 Å². The summed E-state index contributed by atoms with van der Waals surface area (Å²) in [5.74, 6) is 0.526. The summed E-state index contributed by atoms with van der Waals surface area (Å²) in [6, 6.07) is 15.0. The molecule has 1 saturated heterocycles. The number of benzene rings is 2. The van der Waals surface area contributed by atoms with Gasteiger partial charge in [0, 0.05) is 44.8 Å². The summed E-state index contributed by atoms with van der Waals surface area (Å²) in [6.45, 7) is 3.11. The summed E-state index contributed by atoms with van der Waals surface area (Å²) in [5, 5.41) is 0.334. The molecule has 0 bridgehead atoms. The van der Waals surface area contributed by atoms with Gasteiger partial charge in [-0.05, 0) is 36.8 Å². The summed E-state index contributed by atoms with van der Waals surface area (Å²) in [7, 11) is -2.01. The summed E-state index contributed by atoms with van der Waals surface area (Å²) < 4.78 is 31.0. The quantitative estimate of drug-likeness (QED) is 0.598. The van der Waals surface area contributed by atoms with Gasteiger partial charge in [-0.25, -0.2) is 8.42 Å². The standard InChI is InChI=1S/C22H28ClN3O4S/c1-30-21-11-10-19(17-20(21)23)26(31(2,28)29)12-6-9-22(27)25-15-13-24(14-16-25)18-7-4-3-5-8-18/h3-5,7-8,10-11,17H,6,9,12-16H2,1-2H3. The van der Waals surface area contributed by atoms with Crippen LogP contribution in [-0.4, -0.2) is 65.3 Å². The molecule has 2 aromatic carbocycles. The number of methoxy groups -OCH3 is 1. The van der Waals surface area contributed by atoms with Crippen molar-refractivity contribution in [1.29, 1.82) is 0 Å². The molecule has 0 radical (unpaired) electrons. The maximum atomic E-state index is 12.6. The monoisotopic (exact) mass is 465 g/mol. The highest BCUT2D eigenvalue weighted by atomic mass is 35.5. The van der Waals surface area contributed by atoms with Crippen molar-refractivity contribution in [2.75, 3.05) is 55.3 Å². The normalized spacial score (nSPS) is 14.4. The zero-order valence-corrected chi connectivity index (χ0v) is 19.4. The average molecular weight is 466 g/mol. The van der Waals surface area contributed by atoms with Gasteiger partial charge in [0.25, 0.3) is 0 Å². The molecule has 0 saturated carbocycles. The number of rotatable bonds is 8. The maximum Gasteiger partial charge on any atom is 0.232 e. The molecular weight excluding hydrogens is 438 g/mol. The van der Waals surface area contributed by atoms with Crippen LogP contribution < -0.4 is 13.9 Å². The molecule has 0 aromatic heterocycles. The number of hydrogen-bond acceptors (Lipinski definition) is 5. The van der Waals surface area contributed by atoms with E-state index in [9.17, 15) is 13.2 Å². The number of nitrogens with zero attached hydrogens (tertiary/aromatic N) is 3. The number of carbonyl (C=O) groups excluding carboxylic acids is 1. The number of hydrogen-bond donors (Lipinski definition) is 0. The Kier molecular flexibility index (Phi) is 7.67. The molecular formula is C22H28ClN3O4S. The third kappa shape index (κ3) is 6.04. The molecule has 168 valence electrons. The maximum absolute atomic E-state index is 12.6. The van der Waals surface area contributed by atoms with E-state index in [0.717, 1.165) is 25.0 Å². The Morgan fingerprint density at radius 1 is 1.10 bits per heavy atom. The highest BCUT2D eigenvalue weighted by molar-refractivity contribution is 7.92. The lowest BCUT2D eigenvalue weighted by Crippen LogP contribution is -2.48. The van der Waals surface area contributed by atoms with Crippen molar-refractivity contribution in [3.8, 4) is 5.75 Å². The predicted octanol–water partition coefficient (Wildman–Crippen LogP) is 3.24. The molecule has 0 atom stereocenters. The zero-order chi connectivity index (χ0) is 22.4. The number of sulfonamides is 1. The van der Waals surface area contributed by atoms with Gasteiger partial charge in [-0.1, -0.05) is 29.8 Å². The third-order valence-electron chi connectivity index (χ3n) is 5.33. The number of halogens is 1. The molecule has 31 heavy (non-hydrogen) atoms. The van der Waals surface area contributed by atoms with E-state index in [1.807, 2.05) is 23.1 Å². The fourth-order valence-corrected chi connectivity index (χ4v) is 4.89. The van der Waals surface area contributed by atoms with Crippen LogP contribution in [0.1, 0.15) is 12.8 Å². The lowest BCUT2D eigenvalue weighted by Gasteiger charge is -2.36. The van der Waals surface area contributed by atoms with E-state index in [2.05, 4.69) is 17.0 Å². The summed E-state index contributed by atoms with van der Waals surface area (Å²) in [5.41, 5.74) is 1.62. The molecule has 1 aliphatic rings. The first kappa shape index (κ1) is 23.2. The molecule has 0 spiro atoms. The fourth-order valence-electron chi connectivity index (χ4n) is 3.68. The van der Waals surface area contributed by atoms with Crippen molar-refractivity contribution in [1.82, 2.24) is 4.90 Å². The van der Waals surface area contributed by atoms with E-state index in [1.165, 1.54) is 11.4 Å². The number of para-hydroxylation sites is 1. The van der Waals surface area contributed by atoms with Crippen molar-refractivity contribution >= 4 is 38.9 Å². The first-order valence-electron chi connectivity index (χ1n) is 10.2. The molecule has 0 aliphatic carbocycles. The number of amides is 1. The minimum atomic E-state index is -3.51. The Morgan fingerprint density at radius 3 is 2.35 bits per heavy atom. The molecule has 0 N–H and O–H groups in total. The first-order valence-corrected chi connectivity index (χ1v) is 12.4. The van der Waals surface area contributed by atoms with Crippen molar-refractivity contribution in [2.24, 2.45) is 0 Å². The van der Waals surface area contributed by atoms with E-state index < -0.39 is 10.0 Å². The van der Waals surface area contributed by atoms with Gasteiger partial charge in [-0.3, -0.25) is 9.10 Å². The number of anilines is 2. The van der Waals surface area contributed by atoms with E-state index in [1.54, 1.807) is 18.2 Å². The topological polar surface area (TPSA) is 70.2 Å². The van der Waals surface area contributed by atoms with E-state index in [0.29, 0.717) is 42.4 Å². The Bertz CT molecular complexity index is 993. The van der Waals surface area contributed by atoms with Crippen LogP contribution in [0.15, 0.2) is 48.5 Å². The van der Waals surface area contributed by atoms with Crippen LogP contribution in [-0.2, 0) is 14.8 Å². The largest absolute Gasteiger partial charge is 0.495 e. The predicted molar refractivity (Wildman–Crippen MR) is 125 cm³/mol. The summed E-state index contributed by atoms with van der Waals surface area (Å²) >= 11 is 6.15. The lowest BCUT2D eigenvalue weighted by molar-refractivity contribution is -0.131. The zero-order valence-electron chi connectivity index (χ0n) is 17.8. The molecule has 0 unspecified atom stereocenters. The minimum absolute atomic E-state index is 0.0499. The SMILES string of the molecule is COc1ccc(N(CCCC(=O)N2CCN(c3ccccc3)CC2)S(C)(=O)=O)cc1Cl. The Hall–Kier alpha value is -2.45. The van der Waals surface area contributed by atoms with Gasteiger partial charge in [0.15, 0.2) is 0 Å². The number of ether oxygens (including phenoxy) is 1. The molecule has 7 nitrogen and oxygen atoms in total. The van der Waals surface area contributed by atoms with Crippen molar-refractivity contribution < 1.29 is 17.9 Å². The van der Waals surface area contributed by atoms with Gasteiger partial charge < -0.3 is 14.5 Å². The van der Waals surface area contributed by atoms with E-state index in [-0.39, 0.29) is 12.5 Å². The summed E-state index contributed by atoms with van der Waals surface area (Å²) in [6.07, 6.45) is 1.87. The summed E-state index contributed by atoms with van der Waals surface area (Å²) in [4.78, 5) is 16.8. The van der Waals surface area contributed by atoms with Crippen molar-refractivity contribution in [3.05, 3.63) is 53.6 Å². The van der Waals surface area contributed by atoms with Crippen molar-refractivity contribution in [3.63, 3.8) is 0 Å². The molecule has 2 aromatic rings. The minimum Gasteiger partial charge on any atom is -0.495 e. The Morgan fingerprint density at radius 2 is 1.77 bits per heavy atom. The van der Waals surface area contributed by atoms with Crippen LogP contribution in [0.5, 0.6) is 5.75 Å². The molecule has 1 fully saturated rings. The number of piperazine rings is 1. The van der Waals surface area contributed by atoms with Crippen LogP contribution >= 0.6 is 11.6 Å². The molecule has 1 amide bonds. The van der Waals surface area contributed by atoms with E-state index in [4.69, 9.17) is 16.3 Å². The van der Waals surface area contributed by atoms with Gasteiger partial charge in [-0.15, -0.1) is 0 Å². The Balaban J connectivity index is 1.54. The van der Waals surface area contributed by atoms with E-state index >= 15 is 0 Å². The average Bonchev–Trinajstić information content (AvgIpc) is 2.76. The third-order valence-corrected chi connectivity index (χ3v) is 6.82. The molecule has 9 heteroatoms. The van der Waals surface area contributed by atoms with Gasteiger partial charge in [0.2, 0.25) is 15.9 Å². The Labute approximate surface area is 189 Å². The first-order chi connectivity index (χ1) is 14.8. The molecule has 1 aliphatic heterocycles. The molecule has 1 heterocycles. The smallest absolute Gasteiger partial charge is 0.232 e. The second-order valence-corrected chi connectivity index (χ2v) is 9.77. The van der Waals surface area contributed by atoms with Crippen LogP contribution in [0.4, 0.5) is 11.4 Å².